The number of nitrogens with one attached hydrogen (secondary N) is 3. The number of hydrogen-bond acceptors (Lipinski definition) is 11. The summed E-state index contributed by atoms with van der Waals surface area (Å²) in [5.74, 6) is -4.61. The summed E-state index contributed by atoms with van der Waals surface area (Å²) < 4.78 is 5.62. The van der Waals surface area contributed by atoms with Gasteiger partial charge in [-0.25, -0.2) is 0 Å². The second kappa shape index (κ2) is 15.2. The quantitative estimate of drug-likeness (QED) is 0.0863. The van der Waals surface area contributed by atoms with Gasteiger partial charge in [0.2, 0.25) is 0 Å². The molecule has 0 aromatic heterocycles. The molecule has 0 aliphatic carbocycles. The van der Waals surface area contributed by atoms with Crippen LogP contribution in [0.1, 0.15) is 19.8 Å². The molecular formula is C18H30N4O11SSe. The van der Waals surface area contributed by atoms with Gasteiger partial charge in [0.1, 0.15) is 0 Å². The van der Waals surface area contributed by atoms with Crippen molar-refractivity contribution in [1.29, 1.82) is 0 Å². The van der Waals surface area contributed by atoms with Crippen LogP contribution >= 0.6 is 10.2 Å². The Kier molecular flexibility index (Phi) is 13.5. The van der Waals surface area contributed by atoms with Crippen molar-refractivity contribution in [2.24, 2.45) is 5.73 Å². The van der Waals surface area contributed by atoms with Crippen molar-refractivity contribution in [3.63, 3.8) is 0 Å². The van der Waals surface area contributed by atoms with E-state index in [1.54, 1.807) is 0 Å². The van der Waals surface area contributed by atoms with Crippen LogP contribution in [0, 0.1) is 0 Å². The number of ether oxygens (including phenoxy) is 1. The van der Waals surface area contributed by atoms with Crippen LogP contribution in [0.5, 0.6) is 0 Å². The molecule has 0 saturated carbocycles. The van der Waals surface area contributed by atoms with E-state index in [0.29, 0.717) is 0 Å². The molecule has 7 atom stereocenters. The standard InChI is InChI=1S/C18H30N4O11SSe/c1-7(24)21-13-15(29)14(28)10(5-23)33-18(13)35-34-6-9(16(30)20-4-12(26)27)22-11(25)3-2-8(19)17(31)32/h8-10,13-15,18,23,28-29H,2-6,19H2,1H3,(H,20,30)(H,21,24)(H,22,25)(H,26,27)(H,31,32)/t8-,9-,10-,13-,14-,15-,18+/m1/s1. The third-order valence-corrected chi connectivity index (χ3v) is 9.26. The number of carbonyl (C=O) groups is 5. The van der Waals surface area contributed by atoms with Gasteiger partial charge in [0.05, 0.1) is 0 Å². The van der Waals surface area contributed by atoms with E-state index in [4.69, 9.17) is 20.7 Å². The Morgan fingerprint density at radius 3 is 2.34 bits per heavy atom. The molecule has 1 saturated heterocycles. The van der Waals surface area contributed by atoms with Crippen LogP contribution in [-0.2, 0) is 28.7 Å². The van der Waals surface area contributed by atoms with Crippen LogP contribution in [-0.4, -0.2) is 129 Å². The van der Waals surface area contributed by atoms with E-state index in [9.17, 15) is 39.3 Å². The molecular weight excluding hydrogens is 559 g/mol. The van der Waals surface area contributed by atoms with Gasteiger partial charge in [-0.1, -0.05) is 0 Å². The Morgan fingerprint density at radius 1 is 1.14 bits per heavy atom. The fraction of sp³-hybridized carbons (Fsp3) is 0.722. The van der Waals surface area contributed by atoms with Gasteiger partial charge in [0, 0.05) is 0 Å². The predicted molar refractivity (Wildman–Crippen MR) is 121 cm³/mol. The van der Waals surface area contributed by atoms with Gasteiger partial charge in [0.25, 0.3) is 0 Å². The van der Waals surface area contributed by atoms with E-state index in [1.165, 1.54) is 6.92 Å². The molecule has 0 radical (unpaired) electrons. The molecule has 17 heteroatoms. The fourth-order valence-corrected chi connectivity index (χ4v) is 7.63. The Hall–Kier alpha value is -1.98. The number of aliphatic hydroxyl groups excluding tert-OH is 3. The summed E-state index contributed by atoms with van der Waals surface area (Å²) in [6.07, 6.45) is -4.44. The molecule has 1 aliphatic heterocycles. The van der Waals surface area contributed by atoms with Crippen molar-refractivity contribution in [3.8, 4) is 0 Å². The van der Waals surface area contributed by atoms with Gasteiger partial charge in [-0.3, -0.25) is 0 Å². The number of hydrogen-bond donors (Lipinski definition) is 9. The first-order valence-corrected chi connectivity index (χ1v) is 14.3. The second-order valence-electron chi connectivity index (χ2n) is 7.53. The molecule has 3 amide bonds. The van der Waals surface area contributed by atoms with Crippen LogP contribution < -0.4 is 21.7 Å². The maximum atomic E-state index is 12.4. The van der Waals surface area contributed by atoms with Gasteiger partial charge < -0.3 is 0 Å². The minimum absolute atomic E-state index is 0.0583. The van der Waals surface area contributed by atoms with E-state index in [-0.39, 0.29) is 18.6 Å². The third-order valence-electron chi connectivity index (χ3n) is 4.71. The number of aliphatic hydroxyl groups is 3. The van der Waals surface area contributed by atoms with E-state index >= 15 is 0 Å². The molecule has 0 unspecified atom stereocenters. The minimum atomic E-state index is -1.44. The summed E-state index contributed by atoms with van der Waals surface area (Å²) in [6.45, 7) is -0.0659. The molecule has 0 aromatic carbocycles. The first kappa shape index (κ1) is 31.0. The zero-order chi connectivity index (χ0) is 26.7. The summed E-state index contributed by atoms with van der Waals surface area (Å²) in [5.41, 5.74) is 5.36. The van der Waals surface area contributed by atoms with Gasteiger partial charge >= 0.3 is 210 Å². The van der Waals surface area contributed by atoms with Crippen LogP contribution in [0.3, 0.4) is 0 Å². The van der Waals surface area contributed by atoms with Crippen molar-refractivity contribution in [1.82, 2.24) is 16.0 Å². The molecule has 10 N–H and O–H groups in total. The first-order valence-electron chi connectivity index (χ1n) is 10.3. The Labute approximate surface area is 209 Å². The number of amides is 3. The maximum absolute atomic E-state index is 12.4. The number of nitrogens with two attached hydrogens (primary N) is 1. The summed E-state index contributed by atoms with van der Waals surface area (Å²) in [7, 11) is 1.12. The number of carboxylic acids is 2. The zero-order valence-corrected chi connectivity index (χ0v) is 21.2. The molecule has 0 spiro atoms. The normalized spacial score (nSPS) is 25.7. The van der Waals surface area contributed by atoms with Crippen molar-refractivity contribution in [3.05, 3.63) is 0 Å². The third kappa shape index (κ3) is 10.7. The molecule has 1 fully saturated rings. The summed E-state index contributed by atoms with van der Waals surface area (Å²) >= 11 is -0.622. The Bertz CT molecular complexity index is 777. The summed E-state index contributed by atoms with van der Waals surface area (Å²) in [5, 5.41) is 53.6. The molecule has 1 aliphatic rings. The number of carboxylic acid groups (broad SMARTS) is 2. The topological polar surface area (TPSA) is 258 Å². The van der Waals surface area contributed by atoms with Crippen LogP contribution in [0.15, 0.2) is 0 Å². The average Bonchev–Trinajstić information content (AvgIpc) is 2.79. The number of carbonyl (C=O) groups excluding carboxylic acids is 3. The van der Waals surface area contributed by atoms with E-state index in [0.717, 1.165) is 10.2 Å². The van der Waals surface area contributed by atoms with Gasteiger partial charge in [-0.05, 0) is 0 Å². The number of aliphatic carboxylic acids is 2. The molecule has 1 heterocycles. The van der Waals surface area contributed by atoms with Crippen LogP contribution in [0.2, 0.25) is 0 Å². The average molecular weight is 589 g/mol. The zero-order valence-electron chi connectivity index (χ0n) is 18.7. The molecule has 200 valence electrons. The monoisotopic (exact) mass is 590 g/mol. The number of rotatable bonds is 14. The van der Waals surface area contributed by atoms with Gasteiger partial charge in [-0.15, -0.1) is 0 Å². The molecule has 1 rings (SSSR count). The van der Waals surface area contributed by atoms with Gasteiger partial charge in [0.15, 0.2) is 0 Å². The van der Waals surface area contributed by atoms with Gasteiger partial charge in [-0.2, -0.15) is 0 Å². The molecule has 0 bridgehead atoms. The molecule has 15 nitrogen and oxygen atoms in total. The van der Waals surface area contributed by atoms with Crippen molar-refractivity contribution < 1.29 is 54.2 Å². The van der Waals surface area contributed by atoms with E-state index in [2.05, 4.69) is 16.0 Å². The van der Waals surface area contributed by atoms with Crippen LogP contribution in [0.4, 0.5) is 0 Å². The van der Waals surface area contributed by atoms with E-state index in [1.807, 2.05) is 0 Å². The predicted octanol–water partition coefficient (Wildman–Crippen LogP) is -4.84. The second-order valence-corrected chi connectivity index (χ2v) is 12.0. The van der Waals surface area contributed by atoms with Crippen molar-refractivity contribution in [2.45, 2.75) is 61.2 Å². The summed E-state index contributed by atoms with van der Waals surface area (Å²) in [4.78, 5) is 57.7. The molecule has 35 heavy (non-hydrogen) atoms. The van der Waals surface area contributed by atoms with E-state index < -0.39 is 98.1 Å². The van der Waals surface area contributed by atoms with Crippen LogP contribution in [0.25, 0.3) is 0 Å². The van der Waals surface area contributed by atoms with Crippen molar-refractivity contribution >= 4 is 53.7 Å². The summed E-state index contributed by atoms with van der Waals surface area (Å²) in [6, 6.07) is -3.46. The Balaban J connectivity index is 2.82. The fourth-order valence-electron chi connectivity index (χ4n) is 2.87. The first-order chi connectivity index (χ1) is 16.4. The van der Waals surface area contributed by atoms with Crippen molar-refractivity contribution in [2.75, 3.05) is 18.9 Å². The molecule has 0 aromatic rings. The SMILES string of the molecule is CC(=O)N[C@@H]1[C@@H](O)[C@H](O)[C@@H](CO)O[C@H]1[Se]SC[C@@H](NC(=O)CC[C@@H](N)C(=O)O)C(=O)NCC(=O)O. The Morgan fingerprint density at radius 2 is 1.80 bits per heavy atom.